The van der Waals surface area contributed by atoms with Gasteiger partial charge in [-0.15, -0.1) is 0 Å². The van der Waals surface area contributed by atoms with Gasteiger partial charge < -0.3 is 14.7 Å². The van der Waals surface area contributed by atoms with Crippen molar-refractivity contribution in [2.75, 3.05) is 19.7 Å². The van der Waals surface area contributed by atoms with Crippen LogP contribution in [-0.4, -0.2) is 41.2 Å². The number of benzene rings is 1. The summed E-state index contributed by atoms with van der Waals surface area (Å²) in [5.74, 6) is 1.28. The predicted molar refractivity (Wildman–Crippen MR) is 70.8 cm³/mol. The summed E-state index contributed by atoms with van der Waals surface area (Å²) in [6.07, 6.45) is 2.58. The molecule has 102 valence electrons. The lowest BCUT2D eigenvalue weighted by molar-refractivity contribution is -0.159. The number of amides is 1. The molecule has 1 saturated heterocycles. The van der Waals surface area contributed by atoms with Crippen molar-refractivity contribution in [1.82, 2.24) is 4.90 Å². The topological polar surface area (TPSA) is 49.8 Å². The van der Waals surface area contributed by atoms with Crippen molar-refractivity contribution in [3.05, 3.63) is 30.3 Å². The SMILES string of the molecule is O=C(CCOc1ccccc1)N1CC(O)(C2CC2)C1. The van der Waals surface area contributed by atoms with E-state index in [9.17, 15) is 9.90 Å². The number of nitrogens with zero attached hydrogens (tertiary/aromatic N) is 1. The second-order valence-electron chi connectivity index (χ2n) is 5.54. The van der Waals surface area contributed by atoms with E-state index >= 15 is 0 Å². The van der Waals surface area contributed by atoms with Gasteiger partial charge in [-0.2, -0.15) is 0 Å². The first-order valence-corrected chi connectivity index (χ1v) is 6.85. The number of carbonyl (C=O) groups is 1. The van der Waals surface area contributed by atoms with Gasteiger partial charge in [0.2, 0.25) is 5.91 Å². The van der Waals surface area contributed by atoms with Crippen molar-refractivity contribution in [2.24, 2.45) is 5.92 Å². The molecule has 1 aliphatic heterocycles. The number of rotatable bonds is 5. The number of β-amino-alcohol motifs (C(OH)–C–C–N with tert-alkyl or cyclic N) is 1. The lowest BCUT2D eigenvalue weighted by Gasteiger charge is -2.47. The molecule has 0 atom stereocenters. The summed E-state index contributed by atoms with van der Waals surface area (Å²) in [4.78, 5) is 13.6. The minimum atomic E-state index is -0.587. The van der Waals surface area contributed by atoms with Crippen LogP contribution in [-0.2, 0) is 4.79 Å². The molecule has 2 fully saturated rings. The fourth-order valence-electron chi connectivity index (χ4n) is 2.60. The first-order chi connectivity index (χ1) is 9.17. The van der Waals surface area contributed by atoms with E-state index in [-0.39, 0.29) is 5.91 Å². The fraction of sp³-hybridized carbons (Fsp3) is 0.533. The molecule has 0 spiro atoms. The zero-order valence-electron chi connectivity index (χ0n) is 10.9. The number of likely N-dealkylation sites (tertiary alicyclic amines) is 1. The Hall–Kier alpha value is -1.55. The summed E-state index contributed by atoms with van der Waals surface area (Å²) >= 11 is 0. The first-order valence-electron chi connectivity index (χ1n) is 6.85. The minimum Gasteiger partial charge on any atom is -0.493 e. The smallest absolute Gasteiger partial charge is 0.226 e. The Bertz CT molecular complexity index is 450. The lowest BCUT2D eigenvalue weighted by Crippen LogP contribution is -2.64. The highest BCUT2D eigenvalue weighted by atomic mass is 16.5. The Labute approximate surface area is 113 Å². The van der Waals surface area contributed by atoms with Gasteiger partial charge >= 0.3 is 0 Å². The molecule has 1 aromatic rings. The number of carbonyl (C=O) groups excluding carboxylic acids is 1. The van der Waals surface area contributed by atoms with Gasteiger partial charge in [-0.25, -0.2) is 0 Å². The van der Waals surface area contributed by atoms with E-state index in [4.69, 9.17) is 4.74 Å². The van der Waals surface area contributed by atoms with Crippen molar-refractivity contribution < 1.29 is 14.6 Å². The number of hydrogen-bond donors (Lipinski definition) is 1. The van der Waals surface area contributed by atoms with Crippen molar-refractivity contribution in [2.45, 2.75) is 24.9 Å². The summed E-state index contributed by atoms with van der Waals surface area (Å²) in [6, 6.07) is 9.49. The third-order valence-corrected chi connectivity index (χ3v) is 3.95. The molecule has 3 rings (SSSR count). The third-order valence-electron chi connectivity index (χ3n) is 3.95. The summed E-state index contributed by atoms with van der Waals surface area (Å²) in [5, 5.41) is 10.1. The van der Waals surface area contributed by atoms with Gasteiger partial charge in [0.05, 0.1) is 26.1 Å². The monoisotopic (exact) mass is 261 g/mol. The second-order valence-corrected chi connectivity index (χ2v) is 5.54. The van der Waals surface area contributed by atoms with Gasteiger partial charge in [-0.05, 0) is 30.9 Å². The normalized spacial score (nSPS) is 20.8. The van der Waals surface area contributed by atoms with Gasteiger partial charge in [0, 0.05) is 0 Å². The second kappa shape index (κ2) is 4.85. The summed E-state index contributed by atoms with van der Waals surface area (Å²) in [7, 11) is 0. The van der Waals surface area contributed by atoms with Crippen LogP contribution in [0.25, 0.3) is 0 Å². The van der Waals surface area contributed by atoms with Crippen LogP contribution in [0.5, 0.6) is 5.75 Å². The summed E-state index contributed by atoms with van der Waals surface area (Å²) in [6.45, 7) is 1.39. The van der Waals surface area contributed by atoms with E-state index in [2.05, 4.69) is 0 Å². The van der Waals surface area contributed by atoms with E-state index in [1.807, 2.05) is 30.3 Å². The van der Waals surface area contributed by atoms with Crippen LogP contribution < -0.4 is 4.74 Å². The Balaban J connectivity index is 1.38. The molecule has 2 aliphatic rings. The van der Waals surface area contributed by atoms with Crippen LogP contribution in [0.3, 0.4) is 0 Å². The van der Waals surface area contributed by atoms with Crippen molar-refractivity contribution in [3.8, 4) is 5.75 Å². The highest BCUT2D eigenvalue weighted by Gasteiger charge is 2.52. The maximum atomic E-state index is 11.9. The molecule has 4 nitrogen and oxygen atoms in total. The van der Waals surface area contributed by atoms with E-state index in [0.29, 0.717) is 32.0 Å². The number of aliphatic hydroxyl groups is 1. The average molecular weight is 261 g/mol. The highest BCUT2D eigenvalue weighted by molar-refractivity contribution is 5.77. The molecule has 1 amide bonds. The Morgan fingerprint density at radius 3 is 2.63 bits per heavy atom. The molecule has 1 N–H and O–H groups in total. The zero-order valence-corrected chi connectivity index (χ0v) is 10.9. The van der Waals surface area contributed by atoms with Crippen LogP contribution in [0.1, 0.15) is 19.3 Å². The molecule has 1 saturated carbocycles. The minimum absolute atomic E-state index is 0.0706. The molecule has 4 heteroatoms. The van der Waals surface area contributed by atoms with Crippen LogP contribution in [0.15, 0.2) is 30.3 Å². The van der Waals surface area contributed by atoms with Gasteiger partial charge in [-0.3, -0.25) is 4.79 Å². The molecule has 0 aromatic heterocycles. The standard InChI is InChI=1S/C15H19NO3/c17-14(8-9-19-13-4-2-1-3-5-13)16-10-15(18,11-16)12-6-7-12/h1-5,12,18H,6-11H2. The third kappa shape index (κ3) is 2.73. The van der Waals surface area contributed by atoms with Gasteiger partial charge in [0.1, 0.15) is 11.4 Å². The van der Waals surface area contributed by atoms with Crippen LogP contribution in [0.2, 0.25) is 0 Å². The number of ether oxygens (including phenoxy) is 1. The highest BCUT2D eigenvalue weighted by Crippen LogP contribution is 2.44. The molecule has 0 unspecified atom stereocenters. The van der Waals surface area contributed by atoms with E-state index in [0.717, 1.165) is 18.6 Å². The van der Waals surface area contributed by atoms with Crippen LogP contribution in [0.4, 0.5) is 0 Å². The molecule has 1 aliphatic carbocycles. The molecular weight excluding hydrogens is 242 g/mol. The fourth-order valence-corrected chi connectivity index (χ4v) is 2.60. The molecule has 0 bridgehead atoms. The maximum absolute atomic E-state index is 11.9. The lowest BCUT2D eigenvalue weighted by atomic mass is 9.88. The molecule has 1 heterocycles. The van der Waals surface area contributed by atoms with Crippen molar-refractivity contribution >= 4 is 5.91 Å². The number of para-hydroxylation sites is 1. The maximum Gasteiger partial charge on any atom is 0.226 e. The van der Waals surface area contributed by atoms with Crippen molar-refractivity contribution in [3.63, 3.8) is 0 Å². The Morgan fingerprint density at radius 1 is 1.32 bits per heavy atom. The van der Waals surface area contributed by atoms with Gasteiger partial charge in [0.25, 0.3) is 0 Å². The average Bonchev–Trinajstić information content (AvgIpc) is 3.20. The number of hydrogen-bond acceptors (Lipinski definition) is 3. The quantitative estimate of drug-likeness (QED) is 0.872. The van der Waals surface area contributed by atoms with Crippen molar-refractivity contribution in [1.29, 1.82) is 0 Å². The van der Waals surface area contributed by atoms with Crippen LogP contribution in [0, 0.1) is 5.92 Å². The summed E-state index contributed by atoms with van der Waals surface area (Å²) in [5.41, 5.74) is -0.587. The summed E-state index contributed by atoms with van der Waals surface area (Å²) < 4.78 is 5.50. The Morgan fingerprint density at radius 2 is 2.00 bits per heavy atom. The Kier molecular flexibility index (Phi) is 3.19. The first kappa shape index (κ1) is 12.5. The van der Waals surface area contributed by atoms with E-state index in [1.165, 1.54) is 0 Å². The zero-order chi connectivity index (χ0) is 13.3. The molecule has 1 aromatic carbocycles. The van der Waals surface area contributed by atoms with Crippen LogP contribution >= 0.6 is 0 Å². The molecular formula is C15H19NO3. The molecule has 0 radical (unpaired) electrons. The predicted octanol–water partition coefficient (Wildman–Crippen LogP) is 1.44. The largest absolute Gasteiger partial charge is 0.493 e. The van der Waals surface area contributed by atoms with Gasteiger partial charge in [0.15, 0.2) is 0 Å². The molecule has 19 heavy (non-hydrogen) atoms. The van der Waals surface area contributed by atoms with E-state index < -0.39 is 5.60 Å². The van der Waals surface area contributed by atoms with Gasteiger partial charge in [-0.1, -0.05) is 18.2 Å². The van der Waals surface area contributed by atoms with E-state index in [1.54, 1.807) is 4.90 Å².